The van der Waals surface area contributed by atoms with Gasteiger partial charge in [0.25, 0.3) is 0 Å². The van der Waals surface area contributed by atoms with Crippen LogP contribution < -0.4 is 5.32 Å². The van der Waals surface area contributed by atoms with Crippen molar-refractivity contribution in [2.45, 2.75) is 18.9 Å². The molecule has 1 aliphatic rings. The topological polar surface area (TPSA) is 72.5 Å². The van der Waals surface area contributed by atoms with Crippen LogP contribution in [0.3, 0.4) is 0 Å². The summed E-state index contributed by atoms with van der Waals surface area (Å²) in [6.07, 6.45) is 0.0954. The van der Waals surface area contributed by atoms with Gasteiger partial charge in [-0.2, -0.15) is 0 Å². The Morgan fingerprint density at radius 1 is 1.29 bits per heavy atom. The molecule has 0 aromatic heterocycles. The quantitative estimate of drug-likeness (QED) is 0.597. The fraction of sp³-hybridized carbons (Fsp3) is 0.250. The molecule has 1 amide bonds. The van der Waals surface area contributed by atoms with Crippen molar-refractivity contribution >= 4 is 17.8 Å². The van der Waals surface area contributed by atoms with E-state index in [1.807, 2.05) is 30.3 Å². The van der Waals surface area contributed by atoms with Gasteiger partial charge in [0, 0.05) is 0 Å². The van der Waals surface area contributed by atoms with Crippen LogP contribution in [-0.4, -0.2) is 23.9 Å². The van der Waals surface area contributed by atoms with Crippen LogP contribution >= 0.6 is 0 Å². The molecule has 0 saturated carbocycles. The molecule has 1 saturated heterocycles. The molecule has 1 N–H and O–H groups in total. The van der Waals surface area contributed by atoms with E-state index in [0.29, 0.717) is 0 Å². The fourth-order valence-corrected chi connectivity index (χ4v) is 1.61. The minimum absolute atomic E-state index is 0.0840. The molecule has 1 fully saturated rings. The predicted molar refractivity (Wildman–Crippen MR) is 57.8 cm³/mol. The van der Waals surface area contributed by atoms with Crippen LogP contribution in [0.2, 0.25) is 0 Å². The zero-order valence-corrected chi connectivity index (χ0v) is 9.01. The number of carbonyl (C=O) groups excluding carboxylic acids is 3. The Kier molecular flexibility index (Phi) is 3.18. The maximum absolute atomic E-state index is 11.6. The van der Waals surface area contributed by atoms with Crippen LogP contribution in [0.25, 0.3) is 0 Å². The second kappa shape index (κ2) is 4.78. The number of nitrogens with one attached hydrogen (secondary N) is 1. The molecule has 1 aromatic rings. The molecule has 2 rings (SSSR count). The Morgan fingerprint density at radius 3 is 2.59 bits per heavy atom. The van der Waals surface area contributed by atoms with Crippen LogP contribution in [0.5, 0.6) is 0 Å². The molecule has 0 aliphatic carbocycles. The van der Waals surface area contributed by atoms with E-state index in [2.05, 4.69) is 10.1 Å². The van der Waals surface area contributed by atoms with E-state index in [1.54, 1.807) is 0 Å². The number of rotatable bonds is 3. The molecule has 1 aromatic carbocycles. The minimum Gasteiger partial charge on any atom is -0.392 e. The molecule has 1 aliphatic heterocycles. The summed E-state index contributed by atoms with van der Waals surface area (Å²) in [6.45, 7) is 0. The molecule has 0 spiro atoms. The molecule has 5 heteroatoms. The van der Waals surface area contributed by atoms with Crippen LogP contribution in [0, 0.1) is 0 Å². The minimum atomic E-state index is -0.835. The number of carbonyl (C=O) groups is 3. The molecule has 17 heavy (non-hydrogen) atoms. The van der Waals surface area contributed by atoms with Gasteiger partial charge in [-0.1, -0.05) is 30.3 Å². The van der Waals surface area contributed by atoms with Crippen molar-refractivity contribution in [1.29, 1.82) is 0 Å². The Morgan fingerprint density at radius 2 is 2.00 bits per heavy atom. The van der Waals surface area contributed by atoms with Crippen molar-refractivity contribution < 1.29 is 19.1 Å². The third-order valence-electron chi connectivity index (χ3n) is 2.41. The molecular formula is C12H11NO4. The van der Waals surface area contributed by atoms with Gasteiger partial charge in [-0.05, 0) is 5.56 Å². The molecule has 5 nitrogen and oxygen atoms in total. The lowest BCUT2D eigenvalue weighted by molar-refractivity contribution is -0.153. The summed E-state index contributed by atoms with van der Waals surface area (Å²) in [5.74, 6) is -1.58. The van der Waals surface area contributed by atoms with E-state index in [-0.39, 0.29) is 18.7 Å². The zero-order valence-electron chi connectivity index (χ0n) is 9.01. The zero-order chi connectivity index (χ0) is 12.3. The number of ether oxygens (including phenoxy) is 1. The highest BCUT2D eigenvalue weighted by atomic mass is 16.6. The number of esters is 2. The summed E-state index contributed by atoms with van der Waals surface area (Å²) in [6, 6.07) is 8.31. The Hall–Kier alpha value is -2.17. The highest BCUT2D eigenvalue weighted by Gasteiger charge is 2.34. The molecule has 0 unspecified atom stereocenters. The first-order valence-corrected chi connectivity index (χ1v) is 5.23. The van der Waals surface area contributed by atoms with Crippen LogP contribution in [0.4, 0.5) is 0 Å². The van der Waals surface area contributed by atoms with Crippen LogP contribution in [-0.2, 0) is 25.5 Å². The van der Waals surface area contributed by atoms with E-state index < -0.39 is 18.0 Å². The summed E-state index contributed by atoms with van der Waals surface area (Å²) in [5.41, 5.74) is 0.850. The van der Waals surface area contributed by atoms with Gasteiger partial charge in [-0.25, -0.2) is 4.79 Å². The molecule has 0 bridgehead atoms. The van der Waals surface area contributed by atoms with Gasteiger partial charge in [-0.3, -0.25) is 9.59 Å². The Labute approximate surface area is 97.8 Å². The summed E-state index contributed by atoms with van der Waals surface area (Å²) >= 11 is 0. The molecule has 1 heterocycles. The lowest BCUT2D eigenvalue weighted by atomic mass is 10.1. The van der Waals surface area contributed by atoms with Gasteiger partial charge in [-0.15, -0.1) is 0 Å². The smallest absolute Gasteiger partial charge is 0.336 e. The normalized spacial score (nSPS) is 18.9. The van der Waals surface area contributed by atoms with E-state index in [4.69, 9.17) is 0 Å². The standard InChI is InChI=1S/C12H11NO4/c14-10(6-8-4-2-1-3-5-8)13-9-7-11(15)17-12(9)16/h1-5,9H,6-7H2,(H,13,14)/t9-/m0/s1. The summed E-state index contributed by atoms with van der Waals surface area (Å²) in [5, 5.41) is 2.47. The van der Waals surface area contributed by atoms with E-state index >= 15 is 0 Å². The van der Waals surface area contributed by atoms with Crippen molar-refractivity contribution in [3.8, 4) is 0 Å². The van der Waals surface area contributed by atoms with Gasteiger partial charge < -0.3 is 10.1 Å². The highest BCUT2D eigenvalue weighted by Crippen LogP contribution is 2.08. The summed E-state index contributed by atoms with van der Waals surface area (Å²) in [7, 11) is 0. The molecule has 1 atom stereocenters. The monoisotopic (exact) mass is 233 g/mol. The van der Waals surface area contributed by atoms with E-state index in [1.165, 1.54) is 0 Å². The number of hydrogen-bond acceptors (Lipinski definition) is 4. The fourth-order valence-electron chi connectivity index (χ4n) is 1.61. The van der Waals surface area contributed by atoms with Crippen LogP contribution in [0.1, 0.15) is 12.0 Å². The number of cyclic esters (lactones) is 2. The average Bonchev–Trinajstić information content (AvgIpc) is 2.58. The third kappa shape index (κ3) is 2.90. The summed E-state index contributed by atoms with van der Waals surface area (Å²) in [4.78, 5) is 33.5. The SMILES string of the molecule is O=C(Cc1ccccc1)N[C@H]1CC(=O)OC1=O. The summed E-state index contributed by atoms with van der Waals surface area (Å²) < 4.78 is 4.33. The van der Waals surface area contributed by atoms with Gasteiger partial charge in [0.15, 0.2) is 0 Å². The Balaban J connectivity index is 1.90. The number of hydrogen-bond donors (Lipinski definition) is 1. The van der Waals surface area contributed by atoms with E-state index in [9.17, 15) is 14.4 Å². The first-order chi connectivity index (χ1) is 8.15. The van der Waals surface area contributed by atoms with Gasteiger partial charge in [0.1, 0.15) is 6.04 Å². The maximum Gasteiger partial charge on any atom is 0.336 e. The average molecular weight is 233 g/mol. The maximum atomic E-state index is 11.6. The third-order valence-corrected chi connectivity index (χ3v) is 2.41. The lowest BCUT2D eigenvalue weighted by Gasteiger charge is -2.07. The predicted octanol–water partition coefficient (Wildman–Crippen LogP) is 0.187. The van der Waals surface area contributed by atoms with Crippen molar-refractivity contribution in [2.24, 2.45) is 0 Å². The van der Waals surface area contributed by atoms with Crippen molar-refractivity contribution in [2.75, 3.05) is 0 Å². The second-order valence-electron chi connectivity index (χ2n) is 3.78. The van der Waals surface area contributed by atoms with Gasteiger partial charge in [0.05, 0.1) is 12.8 Å². The highest BCUT2D eigenvalue weighted by molar-refractivity contribution is 5.99. The largest absolute Gasteiger partial charge is 0.392 e. The molecule has 0 radical (unpaired) electrons. The first-order valence-electron chi connectivity index (χ1n) is 5.23. The number of benzene rings is 1. The van der Waals surface area contributed by atoms with E-state index in [0.717, 1.165) is 5.56 Å². The molecule has 88 valence electrons. The molecular weight excluding hydrogens is 222 g/mol. The van der Waals surface area contributed by atoms with Gasteiger partial charge in [0.2, 0.25) is 5.91 Å². The second-order valence-corrected chi connectivity index (χ2v) is 3.78. The first kappa shape index (κ1) is 11.3. The van der Waals surface area contributed by atoms with Crippen molar-refractivity contribution in [1.82, 2.24) is 5.32 Å². The Bertz CT molecular complexity index is 455. The van der Waals surface area contributed by atoms with Gasteiger partial charge >= 0.3 is 11.9 Å². The number of amides is 1. The van der Waals surface area contributed by atoms with Crippen LogP contribution in [0.15, 0.2) is 30.3 Å². The van der Waals surface area contributed by atoms with Crippen molar-refractivity contribution in [3.05, 3.63) is 35.9 Å². The van der Waals surface area contributed by atoms with Crippen molar-refractivity contribution in [3.63, 3.8) is 0 Å². The lowest BCUT2D eigenvalue weighted by Crippen LogP contribution is -2.38.